The van der Waals surface area contributed by atoms with Crippen LogP contribution in [0.4, 0.5) is 0 Å². The van der Waals surface area contributed by atoms with E-state index in [1.165, 1.54) is 0 Å². The molecule has 0 saturated carbocycles. The fraction of sp³-hybridized carbons (Fsp3) is 1.00. The third-order valence-corrected chi connectivity index (χ3v) is 1.65. The van der Waals surface area contributed by atoms with Crippen LogP contribution in [0.1, 0.15) is 34.1 Å². The molecule has 0 spiro atoms. The number of aliphatic hydroxyl groups is 1. The van der Waals surface area contributed by atoms with Crippen molar-refractivity contribution in [2.24, 2.45) is 10.5 Å². The zero-order valence-electron chi connectivity index (χ0n) is 8.20. The highest BCUT2D eigenvalue weighted by molar-refractivity contribution is 4.85. The molecule has 0 aromatic heterocycles. The molecule has 0 fully saturated rings. The van der Waals surface area contributed by atoms with E-state index < -0.39 is 5.54 Å². The molecule has 0 aliphatic carbocycles. The first-order valence-corrected chi connectivity index (χ1v) is 4.00. The molecule has 0 unspecified atom stereocenters. The summed E-state index contributed by atoms with van der Waals surface area (Å²) in [5, 5.41) is 12.6. The van der Waals surface area contributed by atoms with Gasteiger partial charge in [-0.25, -0.2) is 0 Å². The Morgan fingerprint density at radius 3 is 2.17 bits per heavy atom. The summed E-state index contributed by atoms with van der Waals surface area (Å²) in [7, 11) is 0. The van der Waals surface area contributed by atoms with Gasteiger partial charge in [-0.2, -0.15) is 0 Å². The topological polar surface area (TPSA) is 69.0 Å². The predicted octanol–water partition coefficient (Wildman–Crippen LogP) is 2.48. The Morgan fingerprint density at radius 1 is 1.33 bits per heavy atom. The molecule has 0 rings (SSSR count). The maximum atomic E-state index is 8.99. The summed E-state index contributed by atoms with van der Waals surface area (Å²) in [6, 6.07) is 0. The SMILES string of the molecule is CC(C)(CO)CC(C)(C)N=[N+]=[N-]. The third-order valence-electron chi connectivity index (χ3n) is 1.65. The highest BCUT2D eigenvalue weighted by Crippen LogP contribution is 2.29. The summed E-state index contributed by atoms with van der Waals surface area (Å²) < 4.78 is 0. The first kappa shape index (κ1) is 11.3. The fourth-order valence-electron chi connectivity index (χ4n) is 1.38. The van der Waals surface area contributed by atoms with Crippen molar-refractivity contribution in [3.63, 3.8) is 0 Å². The van der Waals surface area contributed by atoms with E-state index in [2.05, 4.69) is 10.0 Å². The van der Waals surface area contributed by atoms with Gasteiger partial charge in [0.15, 0.2) is 0 Å². The molecule has 4 nitrogen and oxygen atoms in total. The Hall–Kier alpha value is -0.730. The standard InChI is InChI=1S/C8H17N3O/c1-7(2,6-12)5-8(3,4)10-11-9/h12H,5-6H2,1-4H3. The summed E-state index contributed by atoms with van der Waals surface area (Å²) in [6.07, 6.45) is 0.681. The van der Waals surface area contributed by atoms with E-state index in [9.17, 15) is 0 Å². The summed E-state index contributed by atoms with van der Waals surface area (Å²) in [4.78, 5) is 2.77. The molecule has 0 bridgehead atoms. The Balaban J connectivity index is 4.32. The Morgan fingerprint density at radius 2 is 1.83 bits per heavy atom. The van der Waals surface area contributed by atoms with Gasteiger partial charge in [0.1, 0.15) is 0 Å². The highest BCUT2D eigenvalue weighted by Gasteiger charge is 2.27. The van der Waals surface area contributed by atoms with Gasteiger partial charge in [-0.15, -0.1) is 0 Å². The van der Waals surface area contributed by atoms with Crippen molar-refractivity contribution in [3.05, 3.63) is 10.4 Å². The van der Waals surface area contributed by atoms with Crippen LogP contribution in [-0.4, -0.2) is 17.3 Å². The van der Waals surface area contributed by atoms with E-state index >= 15 is 0 Å². The van der Waals surface area contributed by atoms with Crippen LogP contribution in [0.3, 0.4) is 0 Å². The van der Waals surface area contributed by atoms with Gasteiger partial charge in [0.2, 0.25) is 0 Å². The number of azide groups is 1. The van der Waals surface area contributed by atoms with Crippen molar-refractivity contribution in [2.75, 3.05) is 6.61 Å². The first-order valence-electron chi connectivity index (χ1n) is 4.00. The van der Waals surface area contributed by atoms with Gasteiger partial charge in [0, 0.05) is 17.1 Å². The summed E-state index contributed by atoms with van der Waals surface area (Å²) in [5.74, 6) is 0. The summed E-state index contributed by atoms with van der Waals surface area (Å²) in [5.41, 5.74) is 7.67. The zero-order valence-corrected chi connectivity index (χ0v) is 8.20. The van der Waals surface area contributed by atoms with Crippen LogP contribution in [0.15, 0.2) is 5.11 Å². The van der Waals surface area contributed by atoms with Gasteiger partial charge in [0.05, 0.1) is 0 Å². The fourth-order valence-corrected chi connectivity index (χ4v) is 1.38. The molecule has 12 heavy (non-hydrogen) atoms. The molecule has 0 saturated heterocycles. The van der Waals surface area contributed by atoms with Crippen molar-refractivity contribution in [3.8, 4) is 0 Å². The monoisotopic (exact) mass is 171 g/mol. The molecular weight excluding hydrogens is 154 g/mol. The van der Waals surface area contributed by atoms with Crippen LogP contribution in [-0.2, 0) is 0 Å². The molecule has 70 valence electrons. The zero-order chi connectivity index (χ0) is 9.83. The number of nitrogens with zero attached hydrogens (tertiary/aromatic N) is 3. The molecule has 0 aromatic carbocycles. The molecule has 1 N–H and O–H groups in total. The predicted molar refractivity (Wildman–Crippen MR) is 48.7 cm³/mol. The van der Waals surface area contributed by atoms with Crippen LogP contribution in [0.2, 0.25) is 0 Å². The minimum absolute atomic E-state index is 0.109. The lowest BCUT2D eigenvalue weighted by molar-refractivity contribution is 0.128. The lowest BCUT2D eigenvalue weighted by Gasteiger charge is -2.29. The van der Waals surface area contributed by atoms with E-state index in [0.29, 0.717) is 6.42 Å². The number of aliphatic hydroxyl groups excluding tert-OH is 1. The quantitative estimate of drug-likeness (QED) is 0.394. The van der Waals surface area contributed by atoms with Gasteiger partial charge in [-0.1, -0.05) is 32.8 Å². The van der Waals surface area contributed by atoms with E-state index in [1.807, 2.05) is 27.7 Å². The third kappa shape index (κ3) is 4.21. The van der Waals surface area contributed by atoms with E-state index in [-0.39, 0.29) is 12.0 Å². The molecule has 0 radical (unpaired) electrons. The van der Waals surface area contributed by atoms with Gasteiger partial charge in [0.25, 0.3) is 0 Å². The lowest BCUT2D eigenvalue weighted by atomic mass is 9.81. The van der Waals surface area contributed by atoms with Crippen LogP contribution in [0, 0.1) is 5.41 Å². The molecule has 0 aliphatic rings. The van der Waals surface area contributed by atoms with Gasteiger partial charge >= 0.3 is 0 Å². The van der Waals surface area contributed by atoms with E-state index in [0.717, 1.165) is 0 Å². The second-order valence-electron chi connectivity index (χ2n) is 4.50. The molecule has 4 heteroatoms. The molecule has 0 atom stereocenters. The maximum absolute atomic E-state index is 8.99. The van der Waals surface area contributed by atoms with Crippen LogP contribution in [0.5, 0.6) is 0 Å². The van der Waals surface area contributed by atoms with Crippen molar-refractivity contribution in [1.29, 1.82) is 0 Å². The minimum Gasteiger partial charge on any atom is -0.396 e. The second-order valence-corrected chi connectivity index (χ2v) is 4.50. The highest BCUT2D eigenvalue weighted by atomic mass is 16.3. The van der Waals surface area contributed by atoms with E-state index in [4.69, 9.17) is 10.6 Å². The molecule has 0 aliphatic heterocycles. The van der Waals surface area contributed by atoms with Gasteiger partial charge in [-0.05, 0) is 17.4 Å². The van der Waals surface area contributed by atoms with Crippen molar-refractivity contribution in [1.82, 2.24) is 0 Å². The van der Waals surface area contributed by atoms with Crippen molar-refractivity contribution in [2.45, 2.75) is 39.7 Å². The maximum Gasteiger partial charge on any atom is 0.0482 e. The second kappa shape index (κ2) is 3.78. The van der Waals surface area contributed by atoms with Crippen molar-refractivity contribution >= 4 is 0 Å². The van der Waals surface area contributed by atoms with Gasteiger partial charge in [-0.3, -0.25) is 0 Å². The summed E-state index contributed by atoms with van der Waals surface area (Å²) >= 11 is 0. The van der Waals surface area contributed by atoms with E-state index in [1.54, 1.807) is 0 Å². The smallest absolute Gasteiger partial charge is 0.0482 e. The van der Waals surface area contributed by atoms with Crippen molar-refractivity contribution < 1.29 is 5.11 Å². The Kier molecular flexibility index (Phi) is 3.55. The summed E-state index contributed by atoms with van der Waals surface area (Å²) in [6.45, 7) is 7.73. The number of hydrogen-bond acceptors (Lipinski definition) is 2. The van der Waals surface area contributed by atoms with Crippen LogP contribution >= 0.6 is 0 Å². The lowest BCUT2D eigenvalue weighted by Crippen LogP contribution is -2.28. The van der Waals surface area contributed by atoms with Gasteiger partial charge < -0.3 is 5.11 Å². The Bertz CT molecular complexity index is 192. The largest absolute Gasteiger partial charge is 0.396 e. The number of rotatable bonds is 4. The normalized spacial score (nSPS) is 12.4. The molecule has 0 amide bonds. The average Bonchev–Trinajstić information content (AvgIpc) is 1.85. The van der Waals surface area contributed by atoms with Crippen LogP contribution in [0.25, 0.3) is 10.4 Å². The molecule has 0 heterocycles. The minimum atomic E-state index is -0.416. The number of hydrogen-bond donors (Lipinski definition) is 1. The molecule has 0 aromatic rings. The van der Waals surface area contributed by atoms with Crippen LogP contribution < -0.4 is 0 Å². The molecular formula is C8H17N3O. The Labute approximate surface area is 73.2 Å². The average molecular weight is 171 g/mol. The first-order chi connectivity index (χ1) is 5.33.